The summed E-state index contributed by atoms with van der Waals surface area (Å²) < 4.78 is 5.41. The van der Waals surface area contributed by atoms with Crippen LogP contribution in [0.3, 0.4) is 0 Å². The minimum Gasteiger partial charge on any atom is -0.379 e. The highest BCUT2D eigenvalue weighted by Crippen LogP contribution is 2.26. The normalized spacial score (nSPS) is 19.4. The Kier molecular flexibility index (Phi) is 4.61. The number of morpholine rings is 1. The first-order valence-corrected chi connectivity index (χ1v) is 7.14. The van der Waals surface area contributed by atoms with Gasteiger partial charge in [0.15, 0.2) is 0 Å². The summed E-state index contributed by atoms with van der Waals surface area (Å²) in [6.07, 6.45) is 0. The highest BCUT2D eigenvalue weighted by Gasteiger charge is 2.22. The van der Waals surface area contributed by atoms with Crippen molar-refractivity contribution >= 4 is 0 Å². The van der Waals surface area contributed by atoms with Crippen molar-refractivity contribution in [2.45, 2.75) is 32.2 Å². The van der Waals surface area contributed by atoms with E-state index in [1.165, 1.54) is 11.1 Å². The van der Waals surface area contributed by atoms with Crippen molar-refractivity contribution in [3.63, 3.8) is 0 Å². The molecule has 0 amide bonds. The highest BCUT2D eigenvalue weighted by atomic mass is 16.5. The predicted molar refractivity (Wildman–Crippen MR) is 79.3 cm³/mol. The quantitative estimate of drug-likeness (QED) is 0.908. The number of rotatable bonds is 3. The molecule has 0 unspecified atom stereocenters. The second-order valence-electron chi connectivity index (χ2n) is 6.27. The zero-order chi connectivity index (χ0) is 13.9. The lowest BCUT2D eigenvalue weighted by Crippen LogP contribution is -2.41. The van der Waals surface area contributed by atoms with Crippen molar-refractivity contribution in [3.8, 4) is 0 Å². The van der Waals surface area contributed by atoms with Crippen molar-refractivity contribution in [3.05, 3.63) is 35.4 Å². The van der Waals surface area contributed by atoms with Gasteiger partial charge in [-0.3, -0.25) is 4.90 Å². The summed E-state index contributed by atoms with van der Waals surface area (Å²) in [6.45, 7) is 11.0. The van der Waals surface area contributed by atoms with Gasteiger partial charge in [-0.05, 0) is 16.5 Å². The fourth-order valence-electron chi connectivity index (χ4n) is 2.59. The second kappa shape index (κ2) is 6.04. The Hall–Kier alpha value is -0.900. The van der Waals surface area contributed by atoms with Crippen molar-refractivity contribution < 1.29 is 4.74 Å². The van der Waals surface area contributed by atoms with Crippen LogP contribution in [0.5, 0.6) is 0 Å². The van der Waals surface area contributed by atoms with Crippen LogP contribution < -0.4 is 5.73 Å². The van der Waals surface area contributed by atoms with Gasteiger partial charge in [0.1, 0.15) is 0 Å². The molecule has 1 atom stereocenters. The molecule has 0 aromatic heterocycles. The highest BCUT2D eigenvalue weighted by molar-refractivity contribution is 5.29. The van der Waals surface area contributed by atoms with Gasteiger partial charge in [0.05, 0.1) is 13.2 Å². The lowest BCUT2D eigenvalue weighted by atomic mass is 9.86. The van der Waals surface area contributed by atoms with Gasteiger partial charge in [-0.15, -0.1) is 0 Å². The first-order chi connectivity index (χ1) is 9.02. The van der Waals surface area contributed by atoms with Gasteiger partial charge in [0.25, 0.3) is 0 Å². The summed E-state index contributed by atoms with van der Waals surface area (Å²) in [4.78, 5) is 2.43. The van der Waals surface area contributed by atoms with E-state index in [1.54, 1.807) is 0 Å². The molecule has 106 valence electrons. The fourth-order valence-corrected chi connectivity index (χ4v) is 2.59. The molecule has 2 N–H and O–H groups in total. The molecule has 1 aliphatic rings. The molecule has 1 aromatic carbocycles. The third-order valence-corrected chi connectivity index (χ3v) is 3.87. The van der Waals surface area contributed by atoms with Gasteiger partial charge in [0, 0.05) is 25.7 Å². The number of benzene rings is 1. The SMILES string of the molecule is CC(C)(C)c1ccc([C@H](CN)N2CCOCC2)cc1. The predicted octanol–water partition coefficient (Wildman–Crippen LogP) is 2.32. The monoisotopic (exact) mass is 262 g/mol. The molecule has 1 aromatic rings. The Bertz CT molecular complexity index is 388. The Morgan fingerprint density at radius 2 is 1.74 bits per heavy atom. The molecule has 3 heteroatoms. The third kappa shape index (κ3) is 3.56. The summed E-state index contributed by atoms with van der Waals surface area (Å²) >= 11 is 0. The number of ether oxygens (including phenoxy) is 1. The lowest BCUT2D eigenvalue weighted by molar-refractivity contribution is 0.0179. The van der Waals surface area contributed by atoms with Crippen molar-refractivity contribution in [2.24, 2.45) is 5.73 Å². The van der Waals surface area contributed by atoms with Crippen LogP contribution in [0.25, 0.3) is 0 Å². The summed E-state index contributed by atoms with van der Waals surface area (Å²) in [7, 11) is 0. The van der Waals surface area contributed by atoms with E-state index in [4.69, 9.17) is 10.5 Å². The Balaban J connectivity index is 2.14. The molecular weight excluding hydrogens is 236 g/mol. The maximum absolute atomic E-state index is 5.98. The van der Waals surface area contributed by atoms with E-state index in [1.807, 2.05) is 0 Å². The van der Waals surface area contributed by atoms with Gasteiger partial charge >= 0.3 is 0 Å². The molecule has 3 nitrogen and oxygen atoms in total. The van der Waals surface area contributed by atoms with Crippen LogP contribution in [-0.4, -0.2) is 37.7 Å². The van der Waals surface area contributed by atoms with E-state index in [9.17, 15) is 0 Å². The fraction of sp³-hybridized carbons (Fsp3) is 0.625. The van der Waals surface area contributed by atoms with Gasteiger partial charge in [-0.25, -0.2) is 0 Å². The van der Waals surface area contributed by atoms with Crippen molar-refractivity contribution in [2.75, 3.05) is 32.8 Å². The average Bonchev–Trinajstić information content (AvgIpc) is 2.40. The smallest absolute Gasteiger partial charge is 0.0594 e. The zero-order valence-electron chi connectivity index (χ0n) is 12.4. The Morgan fingerprint density at radius 1 is 1.16 bits per heavy atom. The topological polar surface area (TPSA) is 38.5 Å². The number of nitrogens with two attached hydrogens (primary N) is 1. The average molecular weight is 262 g/mol. The molecular formula is C16H26N2O. The molecule has 0 radical (unpaired) electrons. The largest absolute Gasteiger partial charge is 0.379 e. The standard InChI is InChI=1S/C16H26N2O/c1-16(2,3)14-6-4-13(5-7-14)15(12-17)18-8-10-19-11-9-18/h4-7,15H,8-12,17H2,1-3H3/t15-/m0/s1. The van der Waals surface area contributed by atoms with Crippen LogP contribution in [0.15, 0.2) is 24.3 Å². The van der Waals surface area contributed by atoms with Gasteiger partial charge in [-0.2, -0.15) is 0 Å². The minimum absolute atomic E-state index is 0.204. The van der Waals surface area contributed by atoms with Crippen LogP contribution in [0.2, 0.25) is 0 Å². The van der Waals surface area contributed by atoms with Crippen molar-refractivity contribution in [1.82, 2.24) is 4.90 Å². The van der Waals surface area contributed by atoms with Crippen LogP contribution >= 0.6 is 0 Å². The van der Waals surface area contributed by atoms with E-state index in [0.29, 0.717) is 12.6 Å². The molecule has 0 saturated carbocycles. The zero-order valence-corrected chi connectivity index (χ0v) is 12.4. The number of nitrogens with zero attached hydrogens (tertiary/aromatic N) is 1. The maximum atomic E-state index is 5.98. The summed E-state index contributed by atoms with van der Waals surface area (Å²) in [5.74, 6) is 0. The second-order valence-corrected chi connectivity index (χ2v) is 6.27. The molecule has 1 saturated heterocycles. The van der Waals surface area contributed by atoms with Gasteiger partial charge in [0.2, 0.25) is 0 Å². The number of hydrogen-bond acceptors (Lipinski definition) is 3. The van der Waals surface area contributed by atoms with Crippen molar-refractivity contribution in [1.29, 1.82) is 0 Å². The van der Waals surface area contributed by atoms with E-state index >= 15 is 0 Å². The van der Waals surface area contributed by atoms with E-state index < -0.39 is 0 Å². The maximum Gasteiger partial charge on any atom is 0.0594 e. The molecule has 19 heavy (non-hydrogen) atoms. The molecule has 0 bridgehead atoms. The Labute approximate surface area is 116 Å². The van der Waals surface area contributed by atoms with Gasteiger partial charge in [-0.1, -0.05) is 45.0 Å². The van der Waals surface area contributed by atoms with E-state index in [-0.39, 0.29) is 5.41 Å². The van der Waals surface area contributed by atoms with Crippen LogP contribution in [0, 0.1) is 0 Å². The third-order valence-electron chi connectivity index (χ3n) is 3.87. The lowest BCUT2D eigenvalue weighted by Gasteiger charge is -2.34. The van der Waals surface area contributed by atoms with E-state index in [2.05, 4.69) is 49.9 Å². The first kappa shape index (κ1) is 14.5. The first-order valence-electron chi connectivity index (χ1n) is 7.14. The molecule has 1 heterocycles. The van der Waals surface area contributed by atoms with Crippen LogP contribution in [-0.2, 0) is 10.2 Å². The molecule has 1 fully saturated rings. The Morgan fingerprint density at radius 3 is 2.21 bits per heavy atom. The van der Waals surface area contributed by atoms with Crippen LogP contribution in [0.4, 0.5) is 0 Å². The molecule has 1 aliphatic heterocycles. The summed E-state index contributed by atoms with van der Waals surface area (Å²) in [5.41, 5.74) is 8.87. The van der Waals surface area contributed by atoms with E-state index in [0.717, 1.165) is 26.3 Å². The molecule has 0 spiro atoms. The molecule has 2 rings (SSSR count). The summed E-state index contributed by atoms with van der Waals surface area (Å²) in [5, 5.41) is 0. The number of hydrogen-bond donors (Lipinski definition) is 1. The van der Waals surface area contributed by atoms with Crippen LogP contribution in [0.1, 0.15) is 37.9 Å². The minimum atomic E-state index is 0.204. The molecule has 0 aliphatic carbocycles. The van der Waals surface area contributed by atoms with Gasteiger partial charge < -0.3 is 10.5 Å². The summed E-state index contributed by atoms with van der Waals surface area (Å²) in [6, 6.07) is 9.25.